The monoisotopic (exact) mass is 188 g/mol. The van der Waals surface area contributed by atoms with E-state index in [2.05, 4.69) is 24.3 Å². The Kier molecular flexibility index (Phi) is 9.25. The van der Waals surface area contributed by atoms with Crippen LogP contribution in [0, 0.1) is 4.91 Å². The summed E-state index contributed by atoms with van der Waals surface area (Å²) in [6.45, 7) is 7.01. The van der Waals surface area contributed by atoms with Crippen molar-refractivity contribution in [2.45, 2.75) is 32.8 Å². The Morgan fingerprint density at radius 1 is 1.46 bits per heavy atom. The van der Waals surface area contributed by atoms with Gasteiger partial charge in [0.05, 0.1) is 19.3 Å². The average molecular weight is 188 g/mol. The molecule has 0 rings (SSSR count). The van der Waals surface area contributed by atoms with Crippen molar-refractivity contribution in [2.24, 2.45) is 5.18 Å². The van der Waals surface area contributed by atoms with Gasteiger partial charge >= 0.3 is 0 Å². The van der Waals surface area contributed by atoms with E-state index in [0.717, 1.165) is 32.5 Å². The Morgan fingerprint density at radius 2 is 2.23 bits per heavy atom. The van der Waals surface area contributed by atoms with Crippen molar-refractivity contribution in [3.63, 3.8) is 0 Å². The molecule has 0 aliphatic carbocycles. The molecular formula is C9H20N2O2. The number of nitroso groups, excluding NO2 is 1. The van der Waals surface area contributed by atoms with Crippen LogP contribution in [0.1, 0.15) is 26.7 Å². The van der Waals surface area contributed by atoms with Gasteiger partial charge in [-0.05, 0) is 26.3 Å². The molecule has 78 valence electrons. The Bertz CT molecular complexity index is 120. The van der Waals surface area contributed by atoms with Gasteiger partial charge in [-0.25, -0.2) is 0 Å². The first kappa shape index (κ1) is 12.5. The second kappa shape index (κ2) is 9.61. The van der Waals surface area contributed by atoms with Gasteiger partial charge in [0.25, 0.3) is 0 Å². The Morgan fingerprint density at radius 3 is 2.85 bits per heavy atom. The van der Waals surface area contributed by atoms with Gasteiger partial charge < -0.3 is 10.1 Å². The van der Waals surface area contributed by atoms with Crippen LogP contribution in [0.4, 0.5) is 0 Å². The summed E-state index contributed by atoms with van der Waals surface area (Å²) in [7, 11) is 0. The second-order valence-electron chi connectivity index (χ2n) is 3.05. The first-order valence-corrected chi connectivity index (χ1v) is 4.92. The lowest BCUT2D eigenvalue weighted by atomic mass is 10.3. The van der Waals surface area contributed by atoms with Crippen molar-refractivity contribution < 1.29 is 4.74 Å². The predicted octanol–water partition coefficient (Wildman–Crippen LogP) is 1.55. The third-order valence-electron chi connectivity index (χ3n) is 1.86. The average Bonchev–Trinajstić information content (AvgIpc) is 2.16. The molecule has 0 aromatic rings. The molecule has 0 saturated carbocycles. The summed E-state index contributed by atoms with van der Waals surface area (Å²) in [5.41, 5.74) is 0. The number of nitrogens with one attached hydrogen (secondary N) is 1. The minimum Gasteiger partial charge on any atom is -0.377 e. The van der Waals surface area contributed by atoms with E-state index in [1.165, 1.54) is 0 Å². The van der Waals surface area contributed by atoms with Crippen LogP contribution in [0.5, 0.6) is 0 Å². The molecule has 0 heterocycles. The molecule has 0 aromatic heterocycles. The lowest BCUT2D eigenvalue weighted by molar-refractivity contribution is 0.0657. The zero-order chi connectivity index (χ0) is 9.94. The number of nitrogens with zero attached hydrogens (tertiary/aromatic N) is 1. The summed E-state index contributed by atoms with van der Waals surface area (Å²) < 4.78 is 5.45. The fourth-order valence-electron chi connectivity index (χ4n) is 0.844. The van der Waals surface area contributed by atoms with E-state index in [0.29, 0.717) is 12.6 Å². The van der Waals surface area contributed by atoms with E-state index in [1.54, 1.807) is 0 Å². The SMILES string of the molecule is CCC(C)OCCNCCCN=O. The number of ether oxygens (including phenoxy) is 1. The summed E-state index contributed by atoms with van der Waals surface area (Å²) >= 11 is 0. The van der Waals surface area contributed by atoms with Crippen LogP contribution in [-0.2, 0) is 4.74 Å². The minimum atomic E-state index is 0.346. The van der Waals surface area contributed by atoms with Gasteiger partial charge in [-0.2, -0.15) is 4.91 Å². The molecule has 0 fully saturated rings. The van der Waals surface area contributed by atoms with Crippen LogP contribution >= 0.6 is 0 Å². The molecule has 1 atom stereocenters. The van der Waals surface area contributed by atoms with E-state index in [-0.39, 0.29) is 0 Å². The first-order valence-electron chi connectivity index (χ1n) is 4.92. The second-order valence-corrected chi connectivity index (χ2v) is 3.05. The van der Waals surface area contributed by atoms with E-state index < -0.39 is 0 Å². The zero-order valence-electron chi connectivity index (χ0n) is 8.58. The number of hydrogen-bond acceptors (Lipinski definition) is 4. The Balaban J connectivity index is 2.95. The van der Waals surface area contributed by atoms with Gasteiger partial charge in [-0.3, -0.25) is 0 Å². The molecule has 0 radical (unpaired) electrons. The predicted molar refractivity (Wildman–Crippen MR) is 53.9 cm³/mol. The van der Waals surface area contributed by atoms with Crippen molar-refractivity contribution in [3.8, 4) is 0 Å². The van der Waals surface area contributed by atoms with Gasteiger partial charge in [0, 0.05) is 6.54 Å². The van der Waals surface area contributed by atoms with Gasteiger partial charge in [0.1, 0.15) is 0 Å². The van der Waals surface area contributed by atoms with Crippen molar-refractivity contribution in [3.05, 3.63) is 4.91 Å². The van der Waals surface area contributed by atoms with Crippen LogP contribution in [0.3, 0.4) is 0 Å². The van der Waals surface area contributed by atoms with Crippen LogP contribution < -0.4 is 5.32 Å². The van der Waals surface area contributed by atoms with Crippen LogP contribution in [-0.4, -0.2) is 32.3 Å². The maximum absolute atomic E-state index is 9.72. The zero-order valence-corrected chi connectivity index (χ0v) is 8.58. The molecule has 0 spiro atoms. The summed E-state index contributed by atoms with van der Waals surface area (Å²) in [6.07, 6.45) is 2.21. The Hall–Kier alpha value is -0.480. The molecule has 4 nitrogen and oxygen atoms in total. The molecule has 4 heteroatoms. The maximum atomic E-state index is 9.72. The fraction of sp³-hybridized carbons (Fsp3) is 1.00. The highest BCUT2D eigenvalue weighted by Crippen LogP contribution is 1.93. The van der Waals surface area contributed by atoms with Crippen molar-refractivity contribution in [1.82, 2.24) is 5.32 Å². The number of rotatable bonds is 9. The van der Waals surface area contributed by atoms with E-state index in [4.69, 9.17) is 4.74 Å². The molecule has 0 amide bonds. The first-order chi connectivity index (χ1) is 6.31. The number of hydrogen-bond donors (Lipinski definition) is 1. The van der Waals surface area contributed by atoms with Gasteiger partial charge in [-0.15, -0.1) is 0 Å². The third kappa shape index (κ3) is 9.43. The summed E-state index contributed by atoms with van der Waals surface area (Å²) in [6, 6.07) is 0. The van der Waals surface area contributed by atoms with Gasteiger partial charge in [-0.1, -0.05) is 12.1 Å². The molecule has 0 bridgehead atoms. The van der Waals surface area contributed by atoms with Crippen molar-refractivity contribution >= 4 is 0 Å². The maximum Gasteiger partial charge on any atom is 0.0823 e. The highest BCUT2D eigenvalue weighted by atomic mass is 16.5. The van der Waals surface area contributed by atoms with Crippen LogP contribution in [0.15, 0.2) is 5.18 Å². The molecule has 0 aromatic carbocycles. The summed E-state index contributed by atoms with van der Waals surface area (Å²) in [5.74, 6) is 0. The normalized spacial score (nSPS) is 12.8. The molecule has 0 aliphatic rings. The lowest BCUT2D eigenvalue weighted by Gasteiger charge is -2.10. The highest BCUT2D eigenvalue weighted by molar-refractivity contribution is 4.50. The molecule has 1 unspecified atom stereocenters. The van der Waals surface area contributed by atoms with Gasteiger partial charge in [0.2, 0.25) is 0 Å². The smallest absolute Gasteiger partial charge is 0.0823 e. The van der Waals surface area contributed by atoms with Crippen molar-refractivity contribution in [2.75, 3.05) is 26.2 Å². The molecular weight excluding hydrogens is 168 g/mol. The molecule has 13 heavy (non-hydrogen) atoms. The van der Waals surface area contributed by atoms with E-state index in [1.807, 2.05) is 0 Å². The molecule has 0 saturated heterocycles. The highest BCUT2D eigenvalue weighted by Gasteiger charge is 1.96. The van der Waals surface area contributed by atoms with Crippen LogP contribution in [0.25, 0.3) is 0 Å². The third-order valence-corrected chi connectivity index (χ3v) is 1.86. The summed E-state index contributed by atoms with van der Waals surface area (Å²) in [5, 5.41) is 5.95. The van der Waals surface area contributed by atoms with E-state index in [9.17, 15) is 4.91 Å². The topological polar surface area (TPSA) is 50.7 Å². The largest absolute Gasteiger partial charge is 0.377 e. The van der Waals surface area contributed by atoms with E-state index >= 15 is 0 Å². The lowest BCUT2D eigenvalue weighted by Crippen LogP contribution is -2.23. The minimum absolute atomic E-state index is 0.346. The van der Waals surface area contributed by atoms with Gasteiger partial charge in [0.15, 0.2) is 0 Å². The van der Waals surface area contributed by atoms with Crippen LogP contribution in [0.2, 0.25) is 0 Å². The Labute approximate surface area is 80.0 Å². The molecule has 1 N–H and O–H groups in total. The summed E-state index contributed by atoms with van der Waals surface area (Å²) in [4.78, 5) is 9.72. The molecule has 0 aliphatic heterocycles. The fourth-order valence-corrected chi connectivity index (χ4v) is 0.844. The standard InChI is InChI=1S/C9H20N2O2/c1-3-9(2)13-8-7-10-5-4-6-11-12/h9-10H,3-8H2,1-2H3. The van der Waals surface area contributed by atoms with Crippen molar-refractivity contribution in [1.29, 1.82) is 0 Å². The quantitative estimate of drug-likeness (QED) is 0.441.